The van der Waals surface area contributed by atoms with Crippen LogP contribution in [0.3, 0.4) is 0 Å². The maximum Gasteiger partial charge on any atom is 0.330 e. The molecule has 10 heteroatoms. The van der Waals surface area contributed by atoms with Gasteiger partial charge in [-0.1, -0.05) is 6.92 Å². The van der Waals surface area contributed by atoms with Crippen molar-refractivity contribution in [3.05, 3.63) is 20.8 Å². The zero-order valence-electron chi connectivity index (χ0n) is 13.7. The Hall–Kier alpha value is -2.62. The average Bonchev–Trinajstić information content (AvgIpc) is 2.52. The van der Waals surface area contributed by atoms with Crippen LogP contribution in [0.15, 0.2) is 9.59 Å². The van der Waals surface area contributed by atoms with Crippen LogP contribution >= 0.6 is 0 Å². The number of hydrogen-bond acceptors (Lipinski definition) is 6. The topological polar surface area (TPSA) is 148 Å². The molecule has 134 valence electrons. The van der Waals surface area contributed by atoms with Crippen molar-refractivity contribution in [3.63, 3.8) is 0 Å². The number of amides is 1. The van der Waals surface area contributed by atoms with Crippen LogP contribution in [0.25, 0.3) is 0 Å². The third-order valence-electron chi connectivity index (χ3n) is 3.30. The maximum atomic E-state index is 12.3. The van der Waals surface area contributed by atoms with E-state index in [4.69, 9.17) is 15.6 Å². The fraction of sp³-hybridized carbons (Fsp3) is 0.571. The van der Waals surface area contributed by atoms with Gasteiger partial charge in [0.2, 0.25) is 5.91 Å². The van der Waals surface area contributed by atoms with Gasteiger partial charge in [0.05, 0.1) is 13.0 Å². The van der Waals surface area contributed by atoms with Gasteiger partial charge in [0.25, 0.3) is 5.56 Å². The Morgan fingerprint density at radius 1 is 1.33 bits per heavy atom. The van der Waals surface area contributed by atoms with Crippen molar-refractivity contribution in [1.82, 2.24) is 9.55 Å². The summed E-state index contributed by atoms with van der Waals surface area (Å²) in [7, 11) is 1.42. The third-order valence-corrected chi connectivity index (χ3v) is 3.30. The lowest BCUT2D eigenvalue weighted by Crippen LogP contribution is -2.42. The van der Waals surface area contributed by atoms with Gasteiger partial charge in [-0.25, -0.2) is 4.79 Å². The molecule has 10 nitrogen and oxygen atoms in total. The zero-order valence-corrected chi connectivity index (χ0v) is 13.7. The lowest BCUT2D eigenvalue weighted by molar-refractivity contribution is -0.138. The van der Waals surface area contributed by atoms with Gasteiger partial charge in [0.15, 0.2) is 5.69 Å². The standard InChI is InChI=1S/C14H22N4O6/c1-3-6-18-12(15)11(13(22)16-14(18)23)17(7-8-24-2)9(19)4-5-10(20)21/h3-8,15H2,1-2H3,(H,20,21)(H,16,22,23). The molecule has 0 aromatic carbocycles. The zero-order chi connectivity index (χ0) is 18.3. The Morgan fingerprint density at radius 3 is 2.54 bits per heavy atom. The van der Waals surface area contributed by atoms with Gasteiger partial charge in [-0.3, -0.25) is 23.9 Å². The first-order chi connectivity index (χ1) is 11.3. The monoisotopic (exact) mass is 342 g/mol. The predicted molar refractivity (Wildman–Crippen MR) is 87.1 cm³/mol. The molecule has 0 atom stereocenters. The van der Waals surface area contributed by atoms with Crippen LogP contribution in [0.1, 0.15) is 26.2 Å². The Labute approximate surface area is 137 Å². The van der Waals surface area contributed by atoms with E-state index in [1.807, 2.05) is 6.92 Å². The fourth-order valence-corrected chi connectivity index (χ4v) is 2.18. The number of nitrogen functional groups attached to an aromatic ring is 1. The number of rotatable bonds is 9. The largest absolute Gasteiger partial charge is 0.481 e. The Morgan fingerprint density at radius 2 is 2.00 bits per heavy atom. The van der Waals surface area contributed by atoms with Crippen molar-refractivity contribution < 1.29 is 19.4 Å². The fourth-order valence-electron chi connectivity index (χ4n) is 2.18. The van der Waals surface area contributed by atoms with Crippen molar-refractivity contribution in [2.45, 2.75) is 32.7 Å². The molecule has 0 saturated heterocycles. The summed E-state index contributed by atoms with van der Waals surface area (Å²) in [5.74, 6) is -1.85. The van der Waals surface area contributed by atoms with E-state index in [9.17, 15) is 19.2 Å². The summed E-state index contributed by atoms with van der Waals surface area (Å²) in [6.07, 6.45) is -0.0832. The number of aliphatic carboxylic acids is 1. The summed E-state index contributed by atoms with van der Waals surface area (Å²) >= 11 is 0. The van der Waals surface area contributed by atoms with Gasteiger partial charge in [-0.05, 0) is 6.42 Å². The van der Waals surface area contributed by atoms with E-state index in [2.05, 4.69) is 4.98 Å². The molecule has 1 aromatic rings. The van der Waals surface area contributed by atoms with Crippen LogP contribution in [0.2, 0.25) is 0 Å². The molecule has 0 bridgehead atoms. The van der Waals surface area contributed by atoms with E-state index in [1.165, 1.54) is 11.7 Å². The molecule has 1 aromatic heterocycles. The molecule has 0 saturated carbocycles. The van der Waals surface area contributed by atoms with Crippen molar-refractivity contribution in [2.24, 2.45) is 0 Å². The molecule has 1 heterocycles. The van der Waals surface area contributed by atoms with Gasteiger partial charge in [0.1, 0.15) is 5.82 Å². The van der Waals surface area contributed by atoms with E-state index < -0.39 is 23.1 Å². The molecule has 0 fully saturated rings. The van der Waals surface area contributed by atoms with Gasteiger partial charge < -0.3 is 20.5 Å². The third kappa shape index (κ3) is 4.69. The van der Waals surface area contributed by atoms with E-state index in [0.717, 1.165) is 4.90 Å². The number of nitrogens with zero attached hydrogens (tertiary/aromatic N) is 2. The number of carboxylic acids is 1. The molecular formula is C14H22N4O6. The predicted octanol–water partition coefficient (Wildman–Crippen LogP) is -0.627. The molecule has 4 N–H and O–H groups in total. The molecule has 24 heavy (non-hydrogen) atoms. The number of methoxy groups -OCH3 is 1. The number of anilines is 2. The number of H-pyrrole nitrogens is 1. The van der Waals surface area contributed by atoms with Crippen molar-refractivity contribution in [1.29, 1.82) is 0 Å². The van der Waals surface area contributed by atoms with Gasteiger partial charge in [-0.2, -0.15) is 0 Å². The van der Waals surface area contributed by atoms with Crippen LogP contribution in [-0.2, 0) is 20.9 Å². The second-order valence-corrected chi connectivity index (χ2v) is 5.08. The van der Waals surface area contributed by atoms with Gasteiger partial charge in [0, 0.05) is 26.6 Å². The summed E-state index contributed by atoms with van der Waals surface area (Å²) in [5, 5.41) is 8.72. The van der Waals surface area contributed by atoms with E-state index in [1.54, 1.807) is 0 Å². The van der Waals surface area contributed by atoms with Crippen molar-refractivity contribution in [2.75, 3.05) is 30.9 Å². The van der Waals surface area contributed by atoms with Crippen LogP contribution in [0.5, 0.6) is 0 Å². The molecule has 0 spiro atoms. The molecule has 0 aliphatic heterocycles. The number of hydrogen-bond donors (Lipinski definition) is 3. The molecule has 0 unspecified atom stereocenters. The highest BCUT2D eigenvalue weighted by Gasteiger charge is 2.24. The molecule has 0 aliphatic rings. The van der Waals surface area contributed by atoms with Crippen LogP contribution < -0.4 is 21.9 Å². The molecule has 0 radical (unpaired) electrons. The minimum absolute atomic E-state index is 0.00651. The average molecular weight is 342 g/mol. The normalized spacial score (nSPS) is 10.6. The first-order valence-electron chi connectivity index (χ1n) is 7.47. The first kappa shape index (κ1) is 19.4. The van der Waals surface area contributed by atoms with Crippen molar-refractivity contribution in [3.8, 4) is 0 Å². The number of nitrogens with one attached hydrogen (secondary N) is 1. The lowest BCUT2D eigenvalue weighted by Gasteiger charge is -2.24. The Balaban J connectivity index is 3.33. The Bertz CT molecular complexity index is 708. The SMILES string of the molecule is CCCn1c(N)c(N(CCOC)C(=O)CCC(=O)O)c(=O)[nH]c1=O. The first-order valence-corrected chi connectivity index (χ1v) is 7.47. The second-order valence-electron chi connectivity index (χ2n) is 5.08. The highest BCUT2D eigenvalue weighted by molar-refractivity contribution is 5.96. The minimum Gasteiger partial charge on any atom is -0.481 e. The Kier molecular flexibility index (Phi) is 7.18. The number of aromatic nitrogens is 2. The summed E-state index contributed by atoms with van der Waals surface area (Å²) in [6.45, 7) is 2.23. The maximum absolute atomic E-state index is 12.3. The molecule has 0 aliphatic carbocycles. The lowest BCUT2D eigenvalue weighted by atomic mass is 10.2. The number of aromatic amines is 1. The van der Waals surface area contributed by atoms with E-state index >= 15 is 0 Å². The smallest absolute Gasteiger partial charge is 0.330 e. The van der Waals surface area contributed by atoms with E-state index in [0.29, 0.717) is 6.42 Å². The van der Waals surface area contributed by atoms with Crippen LogP contribution in [-0.4, -0.2) is 46.8 Å². The van der Waals surface area contributed by atoms with Crippen LogP contribution in [0, 0.1) is 0 Å². The number of carbonyl (C=O) groups excluding carboxylic acids is 1. The number of nitrogens with two attached hydrogens (primary N) is 1. The van der Waals surface area contributed by atoms with Crippen LogP contribution in [0.4, 0.5) is 11.5 Å². The van der Waals surface area contributed by atoms with E-state index in [-0.39, 0.29) is 44.0 Å². The molecule has 1 rings (SSSR count). The molecular weight excluding hydrogens is 320 g/mol. The molecule has 1 amide bonds. The number of carbonyl (C=O) groups is 2. The highest BCUT2D eigenvalue weighted by Crippen LogP contribution is 2.18. The minimum atomic E-state index is -1.13. The quantitative estimate of drug-likeness (QED) is 0.541. The highest BCUT2D eigenvalue weighted by atomic mass is 16.5. The summed E-state index contributed by atoms with van der Waals surface area (Å²) in [6, 6.07) is 0. The number of ether oxygens (including phenoxy) is 1. The van der Waals surface area contributed by atoms with Gasteiger partial charge >= 0.3 is 11.7 Å². The summed E-state index contributed by atoms with van der Waals surface area (Å²) in [4.78, 5) is 50.2. The van der Waals surface area contributed by atoms with Crippen molar-refractivity contribution >= 4 is 23.4 Å². The number of carboxylic acid groups (broad SMARTS) is 1. The summed E-state index contributed by atoms with van der Waals surface area (Å²) in [5.41, 5.74) is 4.30. The van der Waals surface area contributed by atoms with Gasteiger partial charge in [-0.15, -0.1) is 0 Å². The summed E-state index contributed by atoms with van der Waals surface area (Å²) < 4.78 is 6.09. The second kappa shape index (κ2) is 8.87.